The lowest BCUT2D eigenvalue weighted by atomic mass is 10.1. The zero-order valence-electron chi connectivity index (χ0n) is 10.6. The highest BCUT2D eigenvalue weighted by Crippen LogP contribution is 2.21. The lowest BCUT2D eigenvalue weighted by molar-refractivity contribution is 0.630. The summed E-state index contributed by atoms with van der Waals surface area (Å²) >= 11 is 0. The second-order valence-electron chi connectivity index (χ2n) is 4.24. The van der Waals surface area contributed by atoms with Gasteiger partial charge in [0.05, 0.1) is 5.69 Å². The Morgan fingerprint density at radius 1 is 0.850 bits per heavy atom. The van der Waals surface area contributed by atoms with Crippen molar-refractivity contribution in [1.82, 2.24) is 9.97 Å². The van der Waals surface area contributed by atoms with Gasteiger partial charge in [0.25, 0.3) is 0 Å². The van der Waals surface area contributed by atoms with Gasteiger partial charge in [-0.1, -0.05) is 30.3 Å². The monoisotopic (exact) mass is 265 g/mol. The fraction of sp³-hybridized carbons (Fsp3) is 0. The second kappa shape index (κ2) is 5.48. The predicted molar refractivity (Wildman–Crippen MR) is 77.2 cm³/mol. The van der Waals surface area contributed by atoms with E-state index < -0.39 is 0 Å². The molecule has 0 unspecified atom stereocenters. The van der Waals surface area contributed by atoms with Crippen molar-refractivity contribution in [1.29, 1.82) is 0 Å². The molecule has 0 spiro atoms. The molecule has 3 aromatic rings. The molecule has 3 nitrogen and oxygen atoms in total. The van der Waals surface area contributed by atoms with Crippen LogP contribution in [0.1, 0.15) is 0 Å². The number of benzene rings is 2. The van der Waals surface area contributed by atoms with Gasteiger partial charge >= 0.3 is 0 Å². The third kappa shape index (κ3) is 2.64. The number of anilines is 2. The van der Waals surface area contributed by atoms with Crippen LogP contribution in [0, 0.1) is 5.82 Å². The molecule has 3 rings (SSSR count). The summed E-state index contributed by atoms with van der Waals surface area (Å²) in [5.41, 5.74) is 1.90. The zero-order chi connectivity index (χ0) is 13.8. The molecule has 4 heteroatoms. The van der Waals surface area contributed by atoms with Gasteiger partial charge in [0.2, 0.25) is 5.95 Å². The van der Waals surface area contributed by atoms with Crippen LogP contribution in [0.3, 0.4) is 0 Å². The molecule has 1 N–H and O–H groups in total. The molecule has 1 heterocycles. The number of aromatic nitrogens is 2. The first-order valence-corrected chi connectivity index (χ1v) is 6.23. The summed E-state index contributed by atoms with van der Waals surface area (Å²) < 4.78 is 13.8. The number of hydrogen-bond acceptors (Lipinski definition) is 3. The molecular weight excluding hydrogens is 253 g/mol. The van der Waals surface area contributed by atoms with Crippen LogP contribution in [0.15, 0.2) is 66.9 Å². The van der Waals surface area contributed by atoms with Gasteiger partial charge in [-0.05, 0) is 30.3 Å². The maximum Gasteiger partial charge on any atom is 0.227 e. The summed E-state index contributed by atoms with van der Waals surface area (Å²) in [6.45, 7) is 0. The van der Waals surface area contributed by atoms with E-state index in [0.717, 1.165) is 5.69 Å². The molecule has 0 fully saturated rings. The van der Waals surface area contributed by atoms with Crippen molar-refractivity contribution in [2.24, 2.45) is 0 Å². The molecule has 0 atom stereocenters. The number of nitrogens with zero attached hydrogens (tertiary/aromatic N) is 2. The highest BCUT2D eigenvalue weighted by atomic mass is 19.1. The van der Waals surface area contributed by atoms with Crippen molar-refractivity contribution in [3.8, 4) is 11.3 Å². The summed E-state index contributed by atoms with van der Waals surface area (Å²) in [5, 5.41) is 3.09. The van der Waals surface area contributed by atoms with Crippen LogP contribution < -0.4 is 5.32 Å². The van der Waals surface area contributed by atoms with E-state index in [0.29, 0.717) is 17.2 Å². The second-order valence-corrected chi connectivity index (χ2v) is 4.24. The molecule has 0 bridgehead atoms. The van der Waals surface area contributed by atoms with Crippen LogP contribution in [0.2, 0.25) is 0 Å². The minimum absolute atomic E-state index is 0.295. The predicted octanol–water partition coefficient (Wildman–Crippen LogP) is 4.03. The normalized spacial score (nSPS) is 10.2. The van der Waals surface area contributed by atoms with Gasteiger partial charge in [0, 0.05) is 17.4 Å². The number of nitrogens with one attached hydrogen (secondary N) is 1. The molecule has 1 aromatic heterocycles. The van der Waals surface area contributed by atoms with Crippen LogP contribution in [-0.4, -0.2) is 9.97 Å². The summed E-state index contributed by atoms with van der Waals surface area (Å²) in [6, 6.07) is 17.8. The van der Waals surface area contributed by atoms with Gasteiger partial charge in [-0.25, -0.2) is 14.4 Å². The molecule has 0 aliphatic carbocycles. The summed E-state index contributed by atoms with van der Waals surface area (Å²) in [5.74, 6) is 0.147. The fourth-order valence-corrected chi connectivity index (χ4v) is 1.89. The molecule has 0 aliphatic heterocycles. The van der Waals surface area contributed by atoms with Crippen LogP contribution >= 0.6 is 0 Å². The number of halogens is 1. The average Bonchev–Trinajstić information content (AvgIpc) is 2.49. The number of para-hydroxylation sites is 1. The van der Waals surface area contributed by atoms with Crippen LogP contribution in [0.4, 0.5) is 16.0 Å². The van der Waals surface area contributed by atoms with Crippen molar-refractivity contribution >= 4 is 11.6 Å². The quantitative estimate of drug-likeness (QED) is 0.777. The highest BCUT2D eigenvalue weighted by Gasteiger charge is 2.06. The molecule has 0 aliphatic rings. The van der Waals surface area contributed by atoms with Crippen LogP contribution in [-0.2, 0) is 0 Å². The first kappa shape index (κ1) is 12.3. The van der Waals surface area contributed by atoms with Gasteiger partial charge in [0.1, 0.15) is 5.82 Å². The van der Waals surface area contributed by atoms with E-state index >= 15 is 0 Å². The third-order valence-electron chi connectivity index (χ3n) is 2.84. The number of hydrogen-bond donors (Lipinski definition) is 1. The Bertz CT molecular complexity index is 714. The van der Waals surface area contributed by atoms with Crippen molar-refractivity contribution in [2.45, 2.75) is 0 Å². The van der Waals surface area contributed by atoms with E-state index in [1.54, 1.807) is 30.5 Å². The van der Waals surface area contributed by atoms with Crippen molar-refractivity contribution in [3.63, 3.8) is 0 Å². The fourth-order valence-electron chi connectivity index (χ4n) is 1.89. The van der Waals surface area contributed by atoms with E-state index in [9.17, 15) is 4.39 Å². The Morgan fingerprint density at radius 2 is 1.60 bits per heavy atom. The van der Waals surface area contributed by atoms with E-state index in [1.165, 1.54) is 6.07 Å². The lowest BCUT2D eigenvalue weighted by Crippen LogP contribution is -1.98. The smallest absolute Gasteiger partial charge is 0.227 e. The number of rotatable bonds is 3. The highest BCUT2D eigenvalue weighted by molar-refractivity contribution is 5.62. The Balaban J connectivity index is 1.92. The Morgan fingerprint density at radius 3 is 2.40 bits per heavy atom. The average molecular weight is 265 g/mol. The largest absolute Gasteiger partial charge is 0.324 e. The Hall–Kier alpha value is -2.75. The van der Waals surface area contributed by atoms with Gasteiger partial charge < -0.3 is 5.32 Å². The first-order chi connectivity index (χ1) is 9.83. The molecule has 20 heavy (non-hydrogen) atoms. The van der Waals surface area contributed by atoms with Gasteiger partial charge in [-0.15, -0.1) is 0 Å². The van der Waals surface area contributed by atoms with E-state index in [-0.39, 0.29) is 5.82 Å². The van der Waals surface area contributed by atoms with Crippen molar-refractivity contribution in [2.75, 3.05) is 5.32 Å². The first-order valence-electron chi connectivity index (χ1n) is 6.23. The lowest BCUT2D eigenvalue weighted by Gasteiger charge is -2.07. The molecule has 0 saturated heterocycles. The molecule has 2 aromatic carbocycles. The molecule has 98 valence electrons. The Kier molecular flexibility index (Phi) is 3.37. The van der Waals surface area contributed by atoms with Crippen LogP contribution in [0.25, 0.3) is 11.3 Å². The maximum absolute atomic E-state index is 13.8. The van der Waals surface area contributed by atoms with Crippen molar-refractivity contribution < 1.29 is 4.39 Å². The van der Waals surface area contributed by atoms with E-state index in [2.05, 4.69) is 15.3 Å². The minimum atomic E-state index is -0.295. The SMILES string of the molecule is Fc1ccccc1-c1ccnc(Nc2ccccc2)n1. The zero-order valence-corrected chi connectivity index (χ0v) is 10.6. The topological polar surface area (TPSA) is 37.8 Å². The summed E-state index contributed by atoms with van der Waals surface area (Å²) in [4.78, 5) is 8.48. The minimum Gasteiger partial charge on any atom is -0.324 e. The van der Waals surface area contributed by atoms with Gasteiger partial charge in [-0.3, -0.25) is 0 Å². The molecular formula is C16H12FN3. The summed E-state index contributed by atoms with van der Waals surface area (Å²) in [7, 11) is 0. The molecule has 0 saturated carbocycles. The standard InChI is InChI=1S/C16H12FN3/c17-14-9-5-4-8-13(14)15-10-11-18-16(20-15)19-12-6-2-1-3-7-12/h1-11H,(H,18,19,20). The Labute approximate surface area is 116 Å². The van der Waals surface area contributed by atoms with Crippen LogP contribution in [0.5, 0.6) is 0 Å². The van der Waals surface area contributed by atoms with E-state index in [4.69, 9.17) is 0 Å². The van der Waals surface area contributed by atoms with Gasteiger partial charge in [0.15, 0.2) is 0 Å². The van der Waals surface area contributed by atoms with Crippen molar-refractivity contribution in [3.05, 3.63) is 72.7 Å². The maximum atomic E-state index is 13.8. The molecule has 0 radical (unpaired) electrons. The molecule has 0 amide bonds. The third-order valence-corrected chi connectivity index (χ3v) is 2.84. The summed E-state index contributed by atoms with van der Waals surface area (Å²) in [6.07, 6.45) is 1.61. The van der Waals surface area contributed by atoms with Gasteiger partial charge in [-0.2, -0.15) is 0 Å². The van der Waals surface area contributed by atoms with E-state index in [1.807, 2.05) is 30.3 Å².